The van der Waals surface area contributed by atoms with Gasteiger partial charge in [-0.2, -0.15) is 9.97 Å². The van der Waals surface area contributed by atoms with Crippen molar-refractivity contribution in [1.82, 2.24) is 24.9 Å². The molecule has 0 spiro atoms. The number of hydrogen-bond donors (Lipinski definition) is 2. The highest BCUT2D eigenvalue weighted by Crippen LogP contribution is 2.34. The highest BCUT2D eigenvalue weighted by Gasteiger charge is 2.31. The van der Waals surface area contributed by atoms with Gasteiger partial charge in [-0.1, -0.05) is 18.2 Å². The van der Waals surface area contributed by atoms with Crippen LogP contribution in [0.2, 0.25) is 0 Å². The minimum absolute atomic E-state index is 0.212. The van der Waals surface area contributed by atoms with Gasteiger partial charge in [0.05, 0.1) is 32.5 Å². The van der Waals surface area contributed by atoms with Gasteiger partial charge in [-0.05, 0) is 24.6 Å². The van der Waals surface area contributed by atoms with E-state index in [1.165, 1.54) is 5.57 Å². The fraction of sp³-hybridized carbons (Fsp3) is 0.400. The van der Waals surface area contributed by atoms with Crippen LogP contribution in [0.3, 0.4) is 0 Å². The Labute approximate surface area is 196 Å². The van der Waals surface area contributed by atoms with Crippen molar-refractivity contribution in [2.24, 2.45) is 5.92 Å². The number of H-pyrrole nitrogens is 2. The van der Waals surface area contributed by atoms with Gasteiger partial charge >= 0.3 is 0 Å². The molecule has 0 aliphatic carbocycles. The minimum atomic E-state index is 0.212. The molecule has 7 rings (SSSR count). The van der Waals surface area contributed by atoms with E-state index in [1.54, 1.807) is 0 Å². The molecule has 6 heterocycles. The van der Waals surface area contributed by atoms with Crippen molar-refractivity contribution in [3.8, 4) is 11.4 Å². The third-order valence-electron chi connectivity index (χ3n) is 7.21. The molecule has 174 valence electrons. The van der Waals surface area contributed by atoms with Crippen molar-refractivity contribution < 1.29 is 9.47 Å². The van der Waals surface area contributed by atoms with Crippen molar-refractivity contribution in [3.05, 3.63) is 42.1 Å². The van der Waals surface area contributed by atoms with Crippen LogP contribution >= 0.6 is 0 Å². The molecule has 2 unspecified atom stereocenters. The second-order valence-electron chi connectivity index (χ2n) is 9.39. The molecule has 2 atom stereocenters. The third-order valence-corrected chi connectivity index (χ3v) is 7.21. The summed E-state index contributed by atoms with van der Waals surface area (Å²) in [4.78, 5) is 26.5. The van der Waals surface area contributed by atoms with Crippen molar-refractivity contribution >= 4 is 33.8 Å². The van der Waals surface area contributed by atoms with E-state index in [9.17, 15) is 0 Å². The zero-order valence-corrected chi connectivity index (χ0v) is 19.1. The average Bonchev–Trinajstić information content (AvgIpc) is 3.62. The summed E-state index contributed by atoms with van der Waals surface area (Å²) in [6.07, 6.45) is 4.23. The lowest BCUT2D eigenvalue weighted by Crippen LogP contribution is -2.44. The average molecular weight is 458 g/mol. The fourth-order valence-corrected chi connectivity index (χ4v) is 5.35. The Morgan fingerprint density at radius 3 is 3.00 bits per heavy atom. The number of nitrogens with zero attached hydrogens (tertiary/aromatic N) is 5. The summed E-state index contributed by atoms with van der Waals surface area (Å²) in [5.74, 6) is 2.83. The lowest BCUT2D eigenvalue weighted by atomic mass is 9.99. The Kier molecular flexibility index (Phi) is 4.59. The molecule has 2 saturated heterocycles. The molecule has 0 bridgehead atoms. The second-order valence-corrected chi connectivity index (χ2v) is 9.39. The number of benzene rings is 1. The van der Waals surface area contributed by atoms with Crippen LogP contribution in [0.15, 0.2) is 42.1 Å². The lowest BCUT2D eigenvalue weighted by molar-refractivity contribution is 0.0987. The van der Waals surface area contributed by atoms with Crippen molar-refractivity contribution in [2.45, 2.75) is 13.0 Å². The number of rotatable bonds is 3. The number of aromatic amines is 2. The minimum Gasteiger partial charge on any atom is -0.377 e. The largest absolute Gasteiger partial charge is 0.377 e. The molecule has 3 aliphatic heterocycles. The molecule has 0 saturated carbocycles. The lowest BCUT2D eigenvalue weighted by Gasteiger charge is -2.35. The third kappa shape index (κ3) is 3.19. The molecule has 9 heteroatoms. The van der Waals surface area contributed by atoms with Gasteiger partial charge in [0.2, 0.25) is 5.95 Å². The van der Waals surface area contributed by atoms with E-state index in [-0.39, 0.29) is 6.04 Å². The van der Waals surface area contributed by atoms with Crippen LogP contribution in [-0.4, -0.2) is 77.0 Å². The Morgan fingerprint density at radius 2 is 2.06 bits per heavy atom. The van der Waals surface area contributed by atoms with Gasteiger partial charge in [-0.3, -0.25) is 0 Å². The number of morpholine rings is 1. The Balaban J connectivity index is 1.37. The second kappa shape index (κ2) is 7.82. The quantitative estimate of drug-likeness (QED) is 0.457. The summed E-state index contributed by atoms with van der Waals surface area (Å²) in [5, 5.41) is 1.13. The van der Waals surface area contributed by atoms with Gasteiger partial charge in [-0.15, -0.1) is 0 Å². The maximum atomic E-state index is 5.70. The summed E-state index contributed by atoms with van der Waals surface area (Å²) in [6, 6.07) is 8.51. The molecule has 9 nitrogen and oxygen atoms in total. The Bertz CT molecular complexity index is 1410. The van der Waals surface area contributed by atoms with Crippen LogP contribution in [0.25, 0.3) is 33.5 Å². The fourth-order valence-electron chi connectivity index (χ4n) is 5.35. The number of ether oxygens (including phenoxy) is 2. The normalized spacial score (nSPS) is 23.0. The standard InChI is InChI=1S/C25H27N7O2/c1-15-12-33-10-9-32(15)24-21-23(28-22(27-21)19-3-2-4-20-18(19)5-7-26-20)29-25(30-24)31-8-6-16-13-34-14-17(16)11-31/h2-7,15,17,26H,8-14H2,1H3,(H,27,28,29,30). The number of aromatic nitrogens is 5. The van der Waals surface area contributed by atoms with Crippen molar-refractivity contribution in [2.75, 3.05) is 55.9 Å². The molecule has 0 amide bonds. The van der Waals surface area contributed by atoms with Crippen LogP contribution in [0.1, 0.15) is 6.92 Å². The monoisotopic (exact) mass is 457 g/mol. The van der Waals surface area contributed by atoms with Gasteiger partial charge in [0.1, 0.15) is 5.82 Å². The Hall–Kier alpha value is -3.43. The molecular weight excluding hydrogens is 430 g/mol. The van der Waals surface area contributed by atoms with E-state index in [1.807, 2.05) is 12.3 Å². The van der Waals surface area contributed by atoms with Crippen LogP contribution < -0.4 is 9.80 Å². The first-order chi connectivity index (χ1) is 16.7. The maximum Gasteiger partial charge on any atom is 0.229 e. The summed E-state index contributed by atoms with van der Waals surface area (Å²) >= 11 is 0. The molecule has 2 N–H and O–H groups in total. The molecule has 0 radical (unpaired) electrons. The van der Waals surface area contributed by atoms with Crippen LogP contribution in [0.5, 0.6) is 0 Å². The number of hydrogen-bond acceptors (Lipinski definition) is 7. The molecule has 3 aromatic heterocycles. The van der Waals surface area contributed by atoms with Crippen LogP contribution in [0.4, 0.5) is 11.8 Å². The molecule has 4 aromatic rings. The smallest absolute Gasteiger partial charge is 0.229 e. The molecule has 3 aliphatic rings. The summed E-state index contributed by atoms with van der Waals surface area (Å²) < 4.78 is 11.4. The van der Waals surface area contributed by atoms with Crippen LogP contribution in [-0.2, 0) is 9.47 Å². The van der Waals surface area contributed by atoms with E-state index in [2.05, 4.69) is 51.0 Å². The number of fused-ring (bicyclic) bond motifs is 3. The zero-order valence-electron chi connectivity index (χ0n) is 19.1. The maximum absolute atomic E-state index is 5.70. The van der Waals surface area contributed by atoms with Gasteiger partial charge < -0.3 is 29.2 Å². The van der Waals surface area contributed by atoms with Crippen molar-refractivity contribution in [3.63, 3.8) is 0 Å². The van der Waals surface area contributed by atoms with E-state index >= 15 is 0 Å². The van der Waals surface area contributed by atoms with E-state index < -0.39 is 0 Å². The van der Waals surface area contributed by atoms with Gasteiger partial charge in [0.15, 0.2) is 17.0 Å². The summed E-state index contributed by atoms with van der Waals surface area (Å²) in [7, 11) is 0. The molecule has 34 heavy (non-hydrogen) atoms. The summed E-state index contributed by atoms with van der Waals surface area (Å²) in [6.45, 7) is 7.50. The van der Waals surface area contributed by atoms with E-state index in [4.69, 9.17) is 24.4 Å². The zero-order chi connectivity index (χ0) is 22.6. The van der Waals surface area contributed by atoms with E-state index in [0.717, 1.165) is 78.1 Å². The topological polar surface area (TPSA) is 95.2 Å². The van der Waals surface area contributed by atoms with Crippen LogP contribution in [0, 0.1) is 5.92 Å². The molecule has 1 aromatic carbocycles. The number of anilines is 2. The van der Waals surface area contributed by atoms with Gasteiger partial charge in [0, 0.05) is 48.2 Å². The van der Waals surface area contributed by atoms with Gasteiger partial charge in [-0.25, -0.2) is 4.98 Å². The SMILES string of the molecule is CC1COCCN1c1nc(N2CC=C3COCC3C2)nc2[nH]c(-c3cccc4[nH]ccc34)nc12. The first kappa shape index (κ1) is 20.0. The van der Waals surface area contributed by atoms with E-state index in [0.29, 0.717) is 19.1 Å². The highest BCUT2D eigenvalue weighted by molar-refractivity contribution is 5.96. The van der Waals surface area contributed by atoms with Gasteiger partial charge in [0.25, 0.3) is 0 Å². The first-order valence-electron chi connectivity index (χ1n) is 11.9. The van der Waals surface area contributed by atoms with Crippen molar-refractivity contribution in [1.29, 1.82) is 0 Å². The predicted octanol–water partition coefficient (Wildman–Crippen LogP) is 3.12. The molecular formula is C25H27N7O2. The predicted molar refractivity (Wildman–Crippen MR) is 131 cm³/mol. The molecule has 2 fully saturated rings. The first-order valence-corrected chi connectivity index (χ1v) is 11.9. The highest BCUT2D eigenvalue weighted by atomic mass is 16.5. The number of imidazole rings is 1. The number of nitrogens with one attached hydrogen (secondary N) is 2. The Morgan fingerprint density at radius 1 is 1.09 bits per heavy atom. The summed E-state index contributed by atoms with van der Waals surface area (Å²) in [5.41, 5.74) is 5.10.